The maximum absolute atomic E-state index is 13.8. The van der Waals surface area contributed by atoms with E-state index in [1.54, 1.807) is 4.90 Å². The molecule has 1 fully saturated rings. The Bertz CT molecular complexity index is 454. The van der Waals surface area contributed by atoms with Crippen LogP contribution in [-0.2, 0) is 4.79 Å². The number of amides is 1. The number of aromatic nitrogens is 2. The van der Waals surface area contributed by atoms with Crippen molar-refractivity contribution in [1.82, 2.24) is 15.3 Å². The summed E-state index contributed by atoms with van der Waals surface area (Å²) in [7, 11) is 0. The van der Waals surface area contributed by atoms with Gasteiger partial charge in [-0.15, -0.1) is 0 Å². The van der Waals surface area contributed by atoms with Crippen LogP contribution >= 0.6 is 0 Å². The molecule has 1 aliphatic heterocycles. The monoisotopic (exact) mass is 254 g/mol. The second-order valence-corrected chi connectivity index (χ2v) is 3.92. The molecular weight excluding hydrogens is 239 g/mol. The normalized spacial score (nSPS) is 19.6. The average Bonchev–Trinajstić information content (AvgIpc) is 2.39. The molecule has 2 heterocycles. The summed E-state index contributed by atoms with van der Waals surface area (Å²) in [5.74, 6) is 4.72. The summed E-state index contributed by atoms with van der Waals surface area (Å²) < 4.78 is 13.8. The van der Waals surface area contributed by atoms with Crippen LogP contribution in [0.4, 0.5) is 16.2 Å². The average molecular weight is 254 g/mol. The van der Waals surface area contributed by atoms with Crippen molar-refractivity contribution in [3.63, 3.8) is 0 Å². The van der Waals surface area contributed by atoms with Crippen molar-refractivity contribution in [2.75, 3.05) is 23.4 Å². The fourth-order valence-electron chi connectivity index (χ4n) is 2.00. The maximum Gasteiger partial charge on any atom is 0.242 e. The molecule has 98 valence electrons. The number of hydrogen-bond acceptors (Lipinski definition) is 6. The van der Waals surface area contributed by atoms with Gasteiger partial charge in [0, 0.05) is 13.1 Å². The SMILES string of the molecule is CCC1C(=O)NCCN1c1nc(NN)ncc1F. The van der Waals surface area contributed by atoms with Crippen molar-refractivity contribution in [2.45, 2.75) is 19.4 Å². The number of nitrogen functional groups attached to an aromatic ring is 1. The first-order chi connectivity index (χ1) is 8.67. The summed E-state index contributed by atoms with van der Waals surface area (Å²) in [5, 5.41) is 2.74. The van der Waals surface area contributed by atoms with Gasteiger partial charge in [0.1, 0.15) is 6.04 Å². The Kier molecular flexibility index (Phi) is 3.56. The van der Waals surface area contributed by atoms with Crippen LogP contribution in [0, 0.1) is 5.82 Å². The number of nitrogens with two attached hydrogens (primary N) is 1. The van der Waals surface area contributed by atoms with Gasteiger partial charge in [-0.05, 0) is 6.42 Å². The van der Waals surface area contributed by atoms with E-state index in [2.05, 4.69) is 20.7 Å². The predicted octanol–water partition coefficient (Wildman–Crippen LogP) is -0.384. The van der Waals surface area contributed by atoms with E-state index in [-0.39, 0.29) is 17.7 Å². The lowest BCUT2D eigenvalue weighted by molar-refractivity contribution is -0.123. The van der Waals surface area contributed by atoms with Gasteiger partial charge in [-0.3, -0.25) is 10.2 Å². The lowest BCUT2D eigenvalue weighted by atomic mass is 10.1. The molecule has 4 N–H and O–H groups in total. The van der Waals surface area contributed by atoms with Gasteiger partial charge in [0.15, 0.2) is 11.6 Å². The third kappa shape index (κ3) is 2.19. The van der Waals surface area contributed by atoms with Crippen LogP contribution in [0.3, 0.4) is 0 Å². The molecule has 1 aromatic heterocycles. The molecule has 0 aliphatic carbocycles. The fourth-order valence-corrected chi connectivity index (χ4v) is 2.00. The lowest BCUT2D eigenvalue weighted by Gasteiger charge is -2.35. The van der Waals surface area contributed by atoms with E-state index >= 15 is 0 Å². The van der Waals surface area contributed by atoms with Crippen LogP contribution in [0.25, 0.3) is 0 Å². The Morgan fingerprint density at radius 2 is 2.50 bits per heavy atom. The molecule has 1 aliphatic rings. The molecule has 7 nitrogen and oxygen atoms in total. The molecule has 1 amide bonds. The number of hydrazine groups is 1. The maximum atomic E-state index is 13.8. The number of rotatable bonds is 3. The Labute approximate surface area is 104 Å². The topological polar surface area (TPSA) is 96.2 Å². The predicted molar refractivity (Wildman–Crippen MR) is 64.2 cm³/mol. The highest BCUT2D eigenvalue weighted by Crippen LogP contribution is 2.22. The van der Waals surface area contributed by atoms with Gasteiger partial charge in [-0.1, -0.05) is 6.92 Å². The molecule has 0 saturated carbocycles. The summed E-state index contributed by atoms with van der Waals surface area (Å²) in [6.45, 7) is 2.83. The Morgan fingerprint density at radius 3 is 3.17 bits per heavy atom. The molecule has 0 bridgehead atoms. The van der Waals surface area contributed by atoms with Crippen LogP contribution in [0.15, 0.2) is 6.20 Å². The second-order valence-electron chi connectivity index (χ2n) is 3.92. The second kappa shape index (κ2) is 5.13. The van der Waals surface area contributed by atoms with E-state index in [1.165, 1.54) is 0 Å². The van der Waals surface area contributed by atoms with Crippen LogP contribution in [-0.4, -0.2) is 35.0 Å². The van der Waals surface area contributed by atoms with Gasteiger partial charge in [0.25, 0.3) is 0 Å². The zero-order chi connectivity index (χ0) is 13.1. The first-order valence-electron chi connectivity index (χ1n) is 5.71. The molecule has 18 heavy (non-hydrogen) atoms. The molecule has 1 unspecified atom stereocenters. The van der Waals surface area contributed by atoms with Gasteiger partial charge in [0.05, 0.1) is 6.20 Å². The third-order valence-corrected chi connectivity index (χ3v) is 2.84. The van der Waals surface area contributed by atoms with E-state index in [9.17, 15) is 9.18 Å². The highest BCUT2D eigenvalue weighted by Gasteiger charge is 2.31. The minimum absolute atomic E-state index is 0.0969. The van der Waals surface area contributed by atoms with Crippen molar-refractivity contribution < 1.29 is 9.18 Å². The summed E-state index contributed by atoms with van der Waals surface area (Å²) in [6.07, 6.45) is 1.61. The van der Waals surface area contributed by atoms with E-state index in [0.29, 0.717) is 19.5 Å². The van der Waals surface area contributed by atoms with Gasteiger partial charge in [-0.25, -0.2) is 15.2 Å². The number of halogens is 1. The molecule has 0 radical (unpaired) electrons. The Morgan fingerprint density at radius 1 is 1.72 bits per heavy atom. The molecule has 2 rings (SSSR count). The summed E-state index contributed by atoms with van der Waals surface area (Å²) in [6, 6.07) is -0.422. The first-order valence-corrected chi connectivity index (χ1v) is 5.71. The van der Waals surface area contributed by atoms with Crippen LogP contribution in [0.1, 0.15) is 13.3 Å². The first kappa shape index (κ1) is 12.5. The molecule has 1 aromatic rings. The third-order valence-electron chi connectivity index (χ3n) is 2.84. The van der Waals surface area contributed by atoms with Gasteiger partial charge >= 0.3 is 0 Å². The molecule has 0 aromatic carbocycles. The summed E-state index contributed by atoms with van der Waals surface area (Å²) in [4.78, 5) is 21.0. The van der Waals surface area contributed by atoms with Crippen molar-refractivity contribution in [2.24, 2.45) is 5.84 Å². The Hall–Kier alpha value is -1.96. The summed E-state index contributed by atoms with van der Waals surface area (Å²) >= 11 is 0. The van der Waals surface area contributed by atoms with E-state index in [1.807, 2.05) is 6.92 Å². The van der Waals surface area contributed by atoms with Crippen LogP contribution < -0.4 is 21.5 Å². The van der Waals surface area contributed by atoms with E-state index < -0.39 is 11.9 Å². The van der Waals surface area contributed by atoms with Crippen molar-refractivity contribution in [3.8, 4) is 0 Å². The molecule has 1 atom stereocenters. The highest BCUT2D eigenvalue weighted by molar-refractivity contribution is 5.86. The van der Waals surface area contributed by atoms with Crippen molar-refractivity contribution >= 4 is 17.7 Å². The number of anilines is 2. The number of carbonyl (C=O) groups is 1. The lowest BCUT2D eigenvalue weighted by Crippen LogP contribution is -2.55. The largest absolute Gasteiger partial charge is 0.353 e. The molecule has 0 spiro atoms. The number of piperazine rings is 1. The fraction of sp³-hybridized carbons (Fsp3) is 0.500. The Balaban J connectivity index is 2.36. The zero-order valence-corrected chi connectivity index (χ0v) is 9.98. The van der Waals surface area contributed by atoms with Crippen molar-refractivity contribution in [1.29, 1.82) is 0 Å². The minimum atomic E-state index is -0.567. The van der Waals surface area contributed by atoms with Crippen LogP contribution in [0.5, 0.6) is 0 Å². The quantitative estimate of drug-likeness (QED) is 0.502. The number of hydrogen-bond donors (Lipinski definition) is 3. The molecule has 1 saturated heterocycles. The van der Waals surface area contributed by atoms with E-state index in [4.69, 9.17) is 5.84 Å². The zero-order valence-electron chi connectivity index (χ0n) is 9.98. The molecular formula is C10H15FN6O. The summed E-state index contributed by atoms with van der Waals surface area (Å²) in [5.41, 5.74) is 2.26. The minimum Gasteiger partial charge on any atom is -0.353 e. The number of nitrogens with zero attached hydrogens (tertiary/aromatic N) is 3. The highest BCUT2D eigenvalue weighted by atomic mass is 19.1. The molecule has 8 heteroatoms. The number of nitrogens with one attached hydrogen (secondary N) is 2. The number of carbonyl (C=O) groups excluding carboxylic acids is 1. The standard InChI is InChI=1S/C10H15FN6O/c1-2-7-9(18)13-3-4-17(7)8-6(11)5-14-10(15-8)16-12/h5,7H,2-4,12H2,1H3,(H,13,18)(H,14,15,16). The van der Waals surface area contributed by atoms with Gasteiger partial charge < -0.3 is 10.2 Å². The smallest absolute Gasteiger partial charge is 0.242 e. The van der Waals surface area contributed by atoms with Gasteiger partial charge in [-0.2, -0.15) is 4.98 Å². The van der Waals surface area contributed by atoms with E-state index in [0.717, 1.165) is 6.20 Å². The van der Waals surface area contributed by atoms with Crippen LogP contribution in [0.2, 0.25) is 0 Å². The van der Waals surface area contributed by atoms with Crippen molar-refractivity contribution in [3.05, 3.63) is 12.0 Å². The van der Waals surface area contributed by atoms with Gasteiger partial charge in [0.2, 0.25) is 11.9 Å².